The van der Waals surface area contributed by atoms with Crippen LogP contribution in [0, 0.1) is 0 Å². The first-order valence-corrected chi connectivity index (χ1v) is 3.04. The highest BCUT2D eigenvalue weighted by Gasteiger charge is 2.00. The average Bonchev–Trinajstić information content (AvgIpc) is 1.99. The molecule has 4 nitrogen and oxygen atoms in total. The number of ether oxygens (including phenoxy) is 1. The summed E-state index contributed by atoms with van der Waals surface area (Å²) in [6, 6.07) is 0. The third kappa shape index (κ3) is 3.88. The van der Waals surface area contributed by atoms with Gasteiger partial charge in [-0.2, -0.15) is 0 Å². The average molecular weight is 147 g/mol. The molecule has 0 bridgehead atoms. The Kier molecular flexibility index (Phi) is 4.28. The van der Waals surface area contributed by atoms with E-state index in [1.807, 2.05) is 0 Å². The van der Waals surface area contributed by atoms with Crippen LogP contribution < -0.4 is 5.32 Å². The molecule has 1 amide bonds. The maximum absolute atomic E-state index is 10.5. The van der Waals surface area contributed by atoms with Crippen LogP contribution in [0.2, 0.25) is 0 Å². The molecule has 60 valence electrons. The number of rotatable bonds is 3. The van der Waals surface area contributed by atoms with Crippen molar-refractivity contribution in [2.75, 3.05) is 13.7 Å². The van der Waals surface area contributed by atoms with Crippen LogP contribution in [0.5, 0.6) is 0 Å². The summed E-state index contributed by atoms with van der Waals surface area (Å²) < 4.78 is 4.29. The van der Waals surface area contributed by atoms with Gasteiger partial charge in [0, 0.05) is 7.85 Å². The van der Waals surface area contributed by atoms with Crippen molar-refractivity contribution in [2.24, 2.45) is 0 Å². The smallest absolute Gasteiger partial charge is 0.325 e. The summed E-state index contributed by atoms with van der Waals surface area (Å²) >= 11 is 0. The standard InChI is InChI=1S/C6H11NO3.H2/c1-3-5(8)7-4-6(9)10-2;/h3-4H2,1-2H3,(H,7,8);1H. The van der Waals surface area contributed by atoms with E-state index in [1.165, 1.54) is 7.11 Å². The highest BCUT2D eigenvalue weighted by molar-refractivity contribution is 5.81. The molecule has 0 aromatic heterocycles. The molecule has 0 unspecified atom stereocenters. The lowest BCUT2D eigenvalue weighted by Gasteiger charge is -1.99. The monoisotopic (exact) mass is 147 g/mol. The molecular weight excluding hydrogens is 134 g/mol. The van der Waals surface area contributed by atoms with Gasteiger partial charge >= 0.3 is 5.97 Å². The van der Waals surface area contributed by atoms with Crippen molar-refractivity contribution < 1.29 is 15.8 Å². The second-order valence-corrected chi connectivity index (χ2v) is 1.71. The van der Waals surface area contributed by atoms with Gasteiger partial charge in [-0.05, 0) is 0 Å². The summed E-state index contributed by atoms with van der Waals surface area (Å²) in [6.07, 6.45) is 0.386. The van der Waals surface area contributed by atoms with Gasteiger partial charge < -0.3 is 10.1 Å². The van der Waals surface area contributed by atoms with Crippen molar-refractivity contribution >= 4 is 11.9 Å². The fraction of sp³-hybridized carbons (Fsp3) is 0.667. The lowest BCUT2D eigenvalue weighted by atomic mass is 10.4. The molecular formula is C6H13NO3. The lowest BCUT2D eigenvalue weighted by molar-refractivity contribution is -0.141. The normalized spacial score (nSPS) is 8.60. The van der Waals surface area contributed by atoms with Crippen molar-refractivity contribution in [1.82, 2.24) is 5.32 Å². The van der Waals surface area contributed by atoms with Crippen molar-refractivity contribution in [3.63, 3.8) is 0 Å². The Morgan fingerprint density at radius 2 is 2.20 bits per heavy atom. The van der Waals surface area contributed by atoms with Crippen molar-refractivity contribution in [2.45, 2.75) is 13.3 Å². The third-order valence-electron chi connectivity index (χ3n) is 0.979. The maximum atomic E-state index is 10.5. The summed E-state index contributed by atoms with van der Waals surface area (Å²) in [5.74, 6) is -0.577. The number of esters is 1. The second kappa shape index (κ2) is 4.78. The number of methoxy groups -OCH3 is 1. The van der Waals surface area contributed by atoms with Gasteiger partial charge in [-0.3, -0.25) is 9.59 Å². The van der Waals surface area contributed by atoms with Gasteiger partial charge in [0.2, 0.25) is 5.91 Å². The Balaban J connectivity index is 0. The molecule has 4 heteroatoms. The molecule has 0 aromatic rings. The molecule has 0 rings (SSSR count). The summed E-state index contributed by atoms with van der Waals surface area (Å²) in [5.41, 5.74) is 0. The van der Waals surface area contributed by atoms with E-state index in [1.54, 1.807) is 6.92 Å². The molecule has 0 heterocycles. The van der Waals surface area contributed by atoms with E-state index in [0.29, 0.717) is 6.42 Å². The van der Waals surface area contributed by atoms with Gasteiger partial charge in [-0.25, -0.2) is 0 Å². The van der Waals surface area contributed by atoms with Gasteiger partial charge in [0.15, 0.2) is 0 Å². The number of carbonyl (C=O) groups excluding carboxylic acids is 2. The minimum atomic E-state index is -0.429. The number of nitrogens with one attached hydrogen (secondary N) is 1. The fourth-order valence-electron chi connectivity index (χ4n) is 0.368. The fourth-order valence-corrected chi connectivity index (χ4v) is 0.368. The molecule has 0 aromatic carbocycles. The SMILES string of the molecule is CCC(=O)NCC(=O)OC.[HH]. The predicted octanol–water partition coefficient (Wildman–Crippen LogP) is -0.0684. The Morgan fingerprint density at radius 3 is 2.60 bits per heavy atom. The van der Waals surface area contributed by atoms with E-state index in [-0.39, 0.29) is 13.9 Å². The van der Waals surface area contributed by atoms with E-state index in [0.717, 1.165) is 0 Å². The van der Waals surface area contributed by atoms with Crippen LogP contribution in [0.25, 0.3) is 0 Å². The molecule has 0 aliphatic rings. The van der Waals surface area contributed by atoms with E-state index in [4.69, 9.17) is 0 Å². The van der Waals surface area contributed by atoms with E-state index in [9.17, 15) is 9.59 Å². The first-order valence-electron chi connectivity index (χ1n) is 3.04. The second-order valence-electron chi connectivity index (χ2n) is 1.71. The van der Waals surface area contributed by atoms with Crippen molar-refractivity contribution in [3.05, 3.63) is 0 Å². The molecule has 0 radical (unpaired) electrons. The van der Waals surface area contributed by atoms with Crippen LogP contribution in [-0.2, 0) is 14.3 Å². The Hall–Kier alpha value is -1.06. The quantitative estimate of drug-likeness (QED) is 0.568. The van der Waals surface area contributed by atoms with Crippen LogP contribution in [0.15, 0.2) is 0 Å². The highest BCUT2D eigenvalue weighted by Crippen LogP contribution is 1.75. The van der Waals surface area contributed by atoms with Crippen molar-refractivity contribution in [1.29, 1.82) is 0 Å². The number of amides is 1. The Labute approximate surface area is 61.0 Å². The Morgan fingerprint density at radius 1 is 1.60 bits per heavy atom. The predicted molar refractivity (Wildman–Crippen MR) is 37.4 cm³/mol. The van der Waals surface area contributed by atoms with E-state index in [2.05, 4.69) is 10.1 Å². The molecule has 10 heavy (non-hydrogen) atoms. The summed E-state index contributed by atoms with van der Waals surface area (Å²) in [4.78, 5) is 20.9. The van der Waals surface area contributed by atoms with Gasteiger partial charge in [0.05, 0.1) is 7.11 Å². The molecule has 0 aliphatic carbocycles. The highest BCUT2D eigenvalue weighted by atomic mass is 16.5. The van der Waals surface area contributed by atoms with E-state index >= 15 is 0 Å². The van der Waals surface area contributed by atoms with Gasteiger partial charge in [0.25, 0.3) is 0 Å². The minimum absolute atomic E-state index is 0. The zero-order valence-electron chi connectivity index (χ0n) is 6.14. The van der Waals surface area contributed by atoms with Gasteiger partial charge in [0.1, 0.15) is 6.54 Å². The first-order chi connectivity index (χ1) is 4.70. The van der Waals surface area contributed by atoms with Gasteiger partial charge in [-0.15, -0.1) is 0 Å². The topological polar surface area (TPSA) is 55.4 Å². The molecule has 0 saturated heterocycles. The van der Waals surface area contributed by atoms with Crippen LogP contribution in [0.4, 0.5) is 0 Å². The number of carbonyl (C=O) groups is 2. The summed E-state index contributed by atoms with van der Waals surface area (Å²) in [7, 11) is 1.28. The molecule has 0 fully saturated rings. The number of hydrogen-bond donors (Lipinski definition) is 1. The summed E-state index contributed by atoms with van der Waals surface area (Å²) in [6.45, 7) is 1.68. The van der Waals surface area contributed by atoms with Crippen LogP contribution in [0.1, 0.15) is 14.8 Å². The van der Waals surface area contributed by atoms with Crippen molar-refractivity contribution in [3.8, 4) is 0 Å². The zero-order chi connectivity index (χ0) is 7.98. The molecule has 1 N–H and O–H groups in total. The lowest BCUT2D eigenvalue weighted by Crippen LogP contribution is -2.29. The van der Waals surface area contributed by atoms with Crippen LogP contribution in [0.3, 0.4) is 0 Å². The number of hydrogen-bond acceptors (Lipinski definition) is 3. The third-order valence-corrected chi connectivity index (χ3v) is 0.979. The van der Waals surface area contributed by atoms with Crippen LogP contribution >= 0.6 is 0 Å². The first kappa shape index (κ1) is 8.94. The zero-order valence-corrected chi connectivity index (χ0v) is 6.14. The molecule has 0 spiro atoms. The molecule has 0 atom stereocenters. The minimum Gasteiger partial charge on any atom is -0.468 e. The summed E-state index contributed by atoms with van der Waals surface area (Å²) in [5, 5.41) is 2.37. The van der Waals surface area contributed by atoms with E-state index < -0.39 is 5.97 Å². The van der Waals surface area contributed by atoms with Crippen LogP contribution in [-0.4, -0.2) is 25.5 Å². The van der Waals surface area contributed by atoms with Gasteiger partial charge in [-0.1, -0.05) is 6.92 Å². The Bertz CT molecular complexity index is 122. The molecule has 0 aliphatic heterocycles. The maximum Gasteiger partial charge on any atom is 0.325 e. The molecule has 0 saturated carbocycles. The largest absolute Gasteiger partial charge is 0.468 e.